The molecule has 0 amide bonds. The van der Waals surface area contributed by atoms with Gasteiger partial charge in [-0.05, 0) is 24.6 Å². The van der Waals surface area contributed by atoms with Crippen molar-refractivity contribution in [3.63, 3.8) is 0 Å². The Morgan fingerprint density at radius 1 is 1.38 bits per heavy atom. The molecule has 0 spiro atoms. The van der Waals surface area contributed by atoms with Crippen molar-refractivity contribution < 1.29 is 14.6 Å². The highest BCUT2D eigenvalue weighted by atomic mass is 35.5. The zero-order valence-corrected chi connectivity index (χ0v) is 13.9. The maximum atomic E-state index is 11.4. The second-order valence-corrected chi connectivity index (χ2v) is 5.83. The number of halogens is 1. The monoisotopic (exact) mass is 344 g/mol. The van der Waals surface area contributed by atoms with E-state index in [1.165, 1.54) is 12.3 Å². The molecule has 1 unspecified atom stereocenters. The lowest BCUT2D eigenvalue weighted by atomic mass is 10.1. The Bertz CT molecular complexity index is 876. The van der Waals surface area contributed by atoms with Gasteiger partial charge in [-0.1, -0.05) is 36.7 Å². The van der Waals surface area contributed by atoms with Crippen LogP contribution in [0.5, 0.6) is 0 Å². The third-order valence-corrected chi connectivity index (χ3v) is 4.08. The van der Waals surface area contributed by atoms with Gasteiger partial charge in [-0.3, -0.25) is 4.98 Å². The van der Waals surface area contributed by atoms with Crippen LogP contribution < -0.4 is 0 Å². The maximum Gasteiger partial charge on any atom is 0.337 e. The van der Waals surface area contributed by atoms with Gasteiger partial charge in [-0.2, -0.15) is 0 Å². The van der Waals surface area contributed by atoms with Crippen LogP contribution >= 0.6 is 11.6 Å². The number of carbonyl (C=O) groups is 1. The van der Waals surface area contributed by atoms with Crippen LogP contribution in [0.25, 0.3) is 11.0 Å². The molecular weight excluding hydrogens is 328 g/mol. The average molecular weight is 345 g/mol. The van der Waals surface area contributed by atoms with Gasteiger partial charge < -0.3 is 14.8 Å². The summed E-state index contributed by atoms with van der Waals surface area (Å²) in [5, 5.41) is 9.93. The number of aromatic carboxylic acids is 1. The van der Waals surface area contributed by atoms with Crippen LogP contribution in [0.2, 0.25) is 5.02 Å². The molecule has 2 aromatic heterocycles. The van der Waals surface area contributed by atoms with E-state index in [1.807, 2.05) is 37.3 Å². The van der Waals surface area contributed by atoms with Crippen LogP contribution in [-0.2, 0) is 4.74 Å². The summed E-state index contributed by atoms with van der Waals surface area (Å²) in [5.41, 5.74) is 2.81. The van der Waals surface area contributed by atoms with Crippen molar-refractivity contribution in [1.29, 1.82) is 0 Å². The number of carboxylic acid groups (broad SMARTS) is 1. The van der Waals surface area contributed by atoms with Crippen LogP contribution in [0.4, 0.5) is 0 Å². The van der Waals surface area contributed by atoms with E-state index in [9.17, 15) is 9.90 Å². The molecule has 0 saturated carbocycles. The van der Waals surface area contributed by atoms with Crippen molar-refractivity contribution in [3.8, 4) is 0 Å². The van der Waals surface area contributed by atoms with Crippen molar-refractivity contribution in [2.24, 2.45) is 0 Å². The highest BCUT2D eigenvalue weighted by Crippen LogP contribution is 2.33. The molecule has 0 aliphatic heterocycles. The van der Waals surface area contributed by atoms with Gasteiger partial charge in [0.1, 0.15) is 6.10 Å². The number of pyridine rings is 1. The number of nitrogens with one attached hydrogen (secondary N) is 1. The molecular formula is C18H17ClN2O3. The minimum Gasteiger partial charge on any atom is -0.478 e. The van der Waals surface area contributed by atoms with E-state index in [0.717, 1.165) is 17.7 Å². The fourth-order valence-corrected chi connectivity index (χ4v) is 2.87. The van der Waals surface area contributed by atoms with Crippen molar-refractivity contribution in [2.45, 2.75) is 19.4 Å². The van der Waals surface area contributed by atoms with Crippen molar-refractivity contribution in [2.75, 3.05) is 6.61 Å². The number of ether oxygens (including phenoxy) is 1. The highest BCUT2D eigenvalue weighted by molar-refractivity contribution is 6.31. The molecule has 0 saturated heterocycles. The first kappa shape index (κ1) is 16.5. The summed E-state index contributed by atoms with van der Waals surface area (Å²) in [6.45, 7) is 2.59. The molecule has 0 aliphatic carbocycles. The smallest absolute Gasteiger partial charge is 0.337 e. The summed E-state index contributed by atoms with van der Waals surface area (Å²) in [5.74, 6) is -1.00. The van der Waals surface area contributed by atoms with E-state index >= 15 is 0 Å². The standard InChI is InChI=1S/C18H17ClN2O3/c1-2-9-24-17(11-5-3-4-6-13(11)19)15-10-14-16(21-15)12(18(22)23)7-8-20-14/h3-8,10,17,21H,2,9H2,1H3,(H,22,23). The predicted octanol–water partition coefficient (Wildman–Crippen LogP) is 4.43. The van der Waals surface area contributed by atoms with Crippen molar-refractivity contribution in [3.05, 3.63) is 64.4 Å². The molecule has 2 N–H and O–H groups in total. The molecule has 6 heteroatoms. The van der Waals surface area contributed by atoms with E-state index < -0.39 is 12.1 Å². The van der Waals surface area contributed by atoms with Crippen LogP contribution in [0.3, 0.4) is 0 Å². The number of fused-ring (bicyclic) bond motifs is 1. The van der Waals surface area contributed by atoms with E-state index in [0.29, 0.717) is 22.7 Å². The second-order valence-electron chi connectivity index (χ2n) is 5.42. The number of aromatic nitrogens is 2. The van der Waals surface area contributed by atoms with Gasteiger partial charge in [0.05, 0.1) is 22.3 Å². The Labute approximate surface area is 144 Å². The number of H-pyrrole nitrogens is 1. The minimum absolute atomic E-state index is 0.180. The van der Waals surface area contributed by atoms with Gasteiger partial charge in [0.25, 0.3) is 0 Å². The number of aromatic amines is 1. The first-order valence-corrected chi connectivity index (χ1v) is 8.06. The summed E-state index contributed by atoms with van der Waals surface area (Å²) in [7, 11) is 0. The normalized spacial score (nSPS) is 12.4. The summed E-state index contributed by atoms with van der Waals surface area (Å²) in [6, 6.07) is 10.8. The lowest BCUT2D eigenvalue weighted by molar-refractivity contribution is 0.0698. The summed E-state index contributed by atoms with van der Waals surface area (Å²) in [6.07, 6.45) is 1.94. The molecule has 124 valence electrons. The van der Waals surface area contributed by atoms with Gasteiger partial charge >= 0.3 is 5.97 Å². The molecule has 5 nitrogen and oxygen atoms in total. The molecule has 1 atom stereocenters. The van der Waals surface area contributed by atoms with Crippen LogP contribution in [-0.4, -0.2) is 27.7 Å². The van der Waals surface area contributed by atoms with Crippen LogP contribution in [0.1, 0.15) is 41.1 Å². The van der Waals surface area contributed by atoms with E-state index in [4.69, 9.17) is 16.3 Å². The lowest BCUT2D eigenvalue weighted by Crippen LogP contribution is -2.08. The SMILES string of the molecule is CCCOC(c1cc2nccc(C(=O)O)c2[nH]1)c1ccccc1Cl. The molecule has 0 bridgehead atoms. The number of carboxylic acids is 1. The number of hydrogen-bond acceptors (Lipinski definition) is 3. The zero-order valence-electron chi connectivity index (χ0n) is 13.1. The topological polar surface area (TPSA) is 75.2 Å². The van der Waals surface area contributed by atoms with Gasteiger partial charge in [0, 0.05) is 23.4 Å². The predicted molar refractivity (Wildman–Crippen MR) is 92.6 cm³/mol. The Morgan fingerprint density at radius 2 is 2.17 bits per heavy atom. The average Bonchev–Trinajstić information content (AvgIpc) is 3.00. The molecule has 3 aromatic rings. The number of benzene rings is 1. The zero-order chi connectivity index (χ0) is 17.1. The fourth-order valence-electron chi connectivity index (χ4n) is 2.64. The summed E-state index contributed by atoms with van der Waals surface area (Å²) < 4.78 is 5.98. The van der Waals surface area contributed by atoms with E-state index in [1.54, 1.807) is 0 Å². The van der Waals surface area contributed by atoms with Crippen LogP contribution in [0.15, 0.2) is 42.6 Å². The van der Waals surface area contributed by atoms with Crippen molar-refractivity contribution >= 4 is 28.6 Å². The quantitative estimate of drug-likeness (QED) is 0.693. The number of nitrogens with zero attached hydrogens (tertiary/aromatic N) is 1. The highest BCUT2D eigenvalue weighted by Gasteiger charge is 2.21. The van der Waals surface area contributed by atoms with E-state index in [2.05, 4.69) is 9.97 Å². The Balaban J connectivity index is 2.11. The third kappa shape index (κ3) is 3.13. The Morgan fingerprint density at radius 3 is 2.88 bits per heavy atom. The van der Waals surface area contributed by atoms with Gasteiger partial charge in [-0.25, -0.2) is 4.79 Å². The first-order chi connectivity index (χ1) is 11.6. The van der Waals surface area contributed by atoms with E-state index in [-0.39, 0.29) is 5.56 Å². The third-order valence-electron chi connectivity index (χ3n) is 3.73. The number of hydrogen-bond donors (Lipinski definition) is 2. The Hall–Kier alpha value is -2.37. The van der Waals surface area contributed by atoms with Gasteiger partial charge in [0.2, 0.25) is 0 Å². The molecule has 0 fully saturated rings. The molecule has 0 aliphatic rings. The molecule has 24 heavy (non-hydrogen) atoms. The van der Waals surface area contributed by atoms with Gasteiger partial charge in [0.15, 0.2) is 0 Å². The second kappa shape index (κ2) is 7.03. The van der Waals surface area contributed by atoms with Crippen molar-refractivity contribution in [1.82, 2.24) is 9.97 Å². The largest absolute Gasteiger partial charge is 0.478 e. The molecule has 3 rings (SSSR count). The molecule has 2 heterocycles. The minimum atomic E-state index is -1.00. The van der Waals surface area contributed by atoms with Crippen LogP contribution in [0, 0.1) is 0 Å². The Kier molecular flexibility index (Phi) is 4.83. The maximum absolute atomic E-state index is 11.4. The summed E-state index contributed by atoms with van der Waals surface area (Å²) in [4.78, 5) is 18.8. The molecule has 0 radical (unpaired) electrons. The summed E-state index contributed by atoms with van der Waals surface area (Å²) >= 11 is 6.32. The fraction of sp³-hybridized carbons (Fsp3) is 0.222. The lowest BCUT2D eigenvalue weighted by Gasteiger charge is -2.18. The van der Waals surface area contributed by atoms with Gasteiger partial charge in [-0.15, -0.1) is 0 Å². The first-order valence-electron chi connectivity index (χ1n) is 7.68. The number of rotatable bonds is 6. The molecule has 1 aromatic carbocycles.